The minimum atomic E-state index is -0.0309. The molecule has 2 aliphatic rings. The molecule has 21 heavy (non-hydrogen) atoms. The van der Waals surface area contributed by atoms with Crippen LogP contribution in [0.5, 0.6) is 5.75 Å². The topological polar surface area (TPSA) is 35.2 Å². The molecule has 1 aromatic carbocycles. The first-order chi connectivity index (χ1) is 9.99. The smallest absolute Gasteiger partial charge is 0.126 e. The van der Waals surface area contributed by atoms with Crippen LogP contribution in [0.3, 0.4) is 0 Å². The van der Waals surface area contributed by atoms with Gasteiger partial charge in [-0.15, -0.1) is 0 Å². The van der Waals surface area contributed by atoms with Gasteiger partial charge in [0.2, 0.25) is 0 Å². The molecule has 0 radical (unpaired) electrons. The lowest BCUT2D eigenvalue weighted by Gasteiger charge is -2.41. The summed E-state index contributed by atoms with van der Waals surface area (Å²) in [7, 11) is 0. The third-order valence-corrected chi connectivity index (χ3v) is 5.91. The lowest BCUT2D eigenvalue weighted by molar-refractivity contribution is 0.0198. The summed E-state index contributed by atoms with van der Waals surface area (Å²) in [5.41, 5.74) is 7.58. The maximum Gasteiger partial charge on any atom is 0.126 e. The highest BCUT2D eigenvalue weighted by Crippen LogP contribution is 2.46. The Kier molecular flexibility index (Phi) is 4.33. The lowest BCUT2D eigenvalue weighted by Crippen LogP contribution is -2.42. The van der Waals surface area contributed by atoms with E-state index in [2.05, 4.69) is 48.0 Å². The predicted octanol–water partition coefficient (Wildman–Crippen LogP) is 5.21. The zero-order valence-electron chi connectivity index (χ0n) is 13.1. The summed E-state index contributed by atoms with van der Waals surface area (Å²) in [4.78, 5) is 0. The maximum atomic E-state index is 6.51. The van der Waals surface area contributed by atoms with Gasteiger partial charge in [0, 0.05) is 22.5 Å². The van der Waals surface area contributed by atoms with Crippen LogP contribution in [0.15, 0.2) is 22.7 Å². The molecular weight excluding hydrogens is 326 g/mol. The van der Waals surface area contributed by atoms with Crippen molar-refractivity contribution < 1.29 is 4.74 Å². The summed E-state index contributed by atoms with van der Waals surface area (Å²) in [5, 5.41) is 0. The van der Waals surface area contributed by atoms with Crippen LogP contribution in [-0.4, -0.2) is 5.60 Å². The molecule has 3 rings (SSSR count). The normalized spacial score (nSPS) is 32.6. The van der Waals surface area contributed by atoms with E-state index in [1.807, 2.05) is 0 Å². The van der Waals surface area contributed by atoms with Crippen LogP contribution < -0.4 is 10.5 Å². The number of nitrogens with two attached hydrogens (primary N) is 1. The number of benzene rings is 1. The van der Waals surface area contributed by atoms with Crippen molar-refractivity contribution in [3.8, 4) is 5.75 Å². The Bertz CT molecular complexity index is 516. The third kappa shape index (κ3) is 3.14. The quantitative estimate of drug-likeness (QED) is 0.753. The number of halogens is 1. The van der Waals surface area contributed by atoms with Crippen LogP contribution in [0.4, 0.5) is 0 Å². The van der Waals surface area contributed by atoms with Gasteiger partial charge in [-0.1, -0.05) is 42.3 Å². The maximum absolute atomic E-state index is 6.51. The first-order valence-corrected chi connectivity index (χ1v) is 9.02. The molecular formula is C18H26BrNO. The fourth-order valence-electron chi connectivity index (χ4n) is 4.07. The molecule has 3 heteroatoms. The summed E-state index contributed by atoms with van der Waals surface area (Å²) >= 11 is 3.55. The van der Waals surface area contributed by atoms with Gasteiger partial charge in [-0.2, -0.15) is 0 Å². The number of ether oxygens (including phenoxy) is 1. The Hall–Kier alpha value is -0.540. The molecule has 3 atom stereocenters. The molecule has 0 aromatic heterocycles. The second-order valence-corrected chi connectivity index (χ2v) is 8.13. The van der Waals surface area contributed by atoms with Crippen molar-refractivity contribution in [1.82, 2.24) is 0 Å². The van der Waals surface area contributed by atoms with Crippen LogP contribution >= 0.6 is 15.9 Å². The van der Waals surface area contributed by atoms with E-state index in [1.54, 1.807) is 0 Å². The standard InChI is InChI=1S/C18H26BrNO/c1-12(2)13-4-3-8-18(9-7-13)11-16(20)15-6-5-14(19)10-17(15)21-18/h5-6,10,12-13,16H,3-4,7-9,11,20H2,1-2H3/t13?,16-,18?/m0/s1. The predicted molar refractivity (Wildman–Crippen MR) is 90.5 cm³/mol. The highest BCUT2D eigenvalue weighted by atomic mass is 79.9. The van der Waals surface area contributed by atoms with E-state index < -0.39 is 0 Å². The van der Waals surface area contributed by atoms with Crippen LogP contribution in [0.25, 0.3) is 0 Å². The van der Waals surface area contributed by atoms with Crippen molar-refractivity contribution in [1.29, 1.82) is 0 Å². The molecule has 1 aliphatic carbocycles. The van der Waals surface area contributed by atoms with E-state index in [1.165, 1.54) is 19.3 Å². The summed E-state index contributed by atoms with van der Waals surface area (Å²) in [6.07, 6.45) is 7.13. The van der Waals surface area contributed by atoms with Crippen molar-refractivity contribution >= 4 is 15.9 Å². The van der Waals surface area contributed by atoms with Gasteiger partial charge in [0.1, 0.15) is 11.4 Å². The summed E-state index contributed by atoms with van der Waals surface area (Å²) in [6, 6.07) is 6.35. The average molecular weight is 352 g/mol. The summed E-state index contributed by atoms with van der Waals surface area (Å²) < 4.78 is 7.58. The molecule has 1 fully saturated rings. The fraction of sp³-hybridized carbons (Fsp3) is 0.667. The van der Waals surface area contributed by atoms with Crippen LogP contribution in [0.2, 0.25) is 0 Å². The molecule has 0 saturated heterocycles. The first-order valence-electron chi connectivity index (χ1n) is 8.23. The molecule has 1 aromatic rings. The molecule has 2 N–H and O–H groups in total. The summed E-state index contributed by atoms with van der Waals surface area (Å²) in [6.45, 7) is 4.70. The van der Waals surface area contributed by atoms with Gasteiger partial charge >= 0.3 is 0 Å². The van der Waals surface area contributed by atoms with Crippen LogP contribution in [-0.2, 0) is 0 Å². The highest BCUT2D eigenvalue weighted by molar-refractivity contribution is 9.10. The third-order valence-electron chi connectivity index (χ3n) is 5.41. The van der Waals surface area contributed by atoms with Gasteiger partial charge in [0.15, 0.2) is 0 Å². The number of rotatable bonds is 1. The van der Waals surface area contributed by atoms with E-state index in [9.17, 15) is 0 Å². The molecule has 1 aliphatic heterocycles. The van der Waals surface area contributed by atoms with Crippen molar-refractivity contribution in [3.63, 3.8) is 0 Å². The van der Waals surface area contributed by atoms with E-state index in [0.717, 1.165) is 46.9 Å². The molecule has 2 nitrogen and oxygen atoms in total. The molecule has 1 saturated carbocycles. The molecule has 1 heterocycles. The Morgan fingerprint density at radius 3 is 2.86 bits per heavy atom. The number of hydrogen-bond donors (Lipinski definition) is 1. The van der Waals surface area contributed by atoms with E-state index >= 15 is 0 Å². The van der Waals surface area contributed by atoms with E-state index in [4.69, 9.17) is 10.5 Å². The van der Waals surface area contributed by atoms with E-state index in [0.29, 0.717) is 0 Å². The first kappa shape index (κ1) is 15.4. The minimum absolute atomic E-state index is 0.0309. The molecule has 0 bridgehead atoms. The largest absolute Gasteiger partial charge is 0.487 e. The molecule has 2 unspecified atom stereocenters. The molecule has 0 amide bonds. The van der Waals surface area contributed by atoms with E-state index in [-0.39, 0.29) is 11.6 Å². The summed E-state index contributed by atoms with van der Waals surface area (Å²) in [5.74, 6) is 2.61. The van der Waals surface area contributed by atoms with Gasteiger partial charge in [-0.3, -0.25) is 0 Å². The number of fused-ring (bicyclic) bond motifs is 1. The monoisotopic (exact) mass is 351 g/mol. The fourth-order valence-corrected chi connectivity index (χ4v) is 4.41. The zero-order chi connectivity index (χ0) is 15.0. The van der Waals surface area contributed by atoms with Crippen molar-refractivity contribution in [2.75, 3.05) is 0 Å². The Balaban J connectivity index is 1.83. The lowest BCUT2D eigenvalue weighted by atomic mass is 9.81. The second kappa shape index (κ2) is 5.92. The average Bonchev–Trinajstić information content (AvgIpc) is 2.61. The number of hydrogen-bond acceptors (Lipinski definition) is 2. The van der Waals surface area contributed by atoms with Crippen molar-refractivity contribution in [2.24, 2.45) is 17.6 Å². The van der Waals surface area contributed by atoms with Gasteiger partial charge < -0.3 is 10.5 Å². The van der Waals surface area contributed by atoms with Gasteiger partial charge in [0.25, 0.3) is 0 Å². The second-order valence-electron chi connectivity index (χ2n) is 7.21. The Morgan fingerprint density at radius 2 is 2.10 bits per heavy atom. The van der Waals surface area contributed by atoms with Gasteiger partial charge in [0.05, 0.1) is 0 Å². The van der Waals surface area contributed by atoms with Gasteiger partial charge in [-0.25, -0.2) is 0 Å². The van der Waals surface area contributed by atoms with Gasteiger partial charge in [-0.05, 0) is 49.7 Å². The Labute approximate surface area is 136 Å². The van der Waals surface area contributed by atoms with Crippen LogP contribution in [0, 0.1) is 11.8 Å². The molecule has 1 spiro atoms. The minimum Gasteiger partial charge on any atom is -0.487 e. The SMILES string of the molecule is CC(C)C1CCCC2(CC1)C[C@H](N)c1ccc(Br)cc1O2. The van der Waals surface area contributed by atoms with Crippen LogP contribution in [0.1, 0.15) is 64.0 Å². The van der Waals surface area contributed by atoms with Crippen molar-refractivity contribution in [2.45, 2.75) is 64.0 Å². The Morgan fingerprint density at radius 1 is 1.29 bits per heavy atom. The zero-order valence-corrected chi connectivity index (χ0v) is 14.7. The van der Waals surface area contributed by atoms with Crippen molar-refractivity contribution in [3.05, 3.63) is 28.2 Å². The molecule has 116 valence electrons. The highest BCUT2D eigenvalue weighted by Gasteiger charge is 2.41.